The number of carbonyl (C=O) groups excluding carboxylic acids is 1. The van der Waals surface area contributed by atoms with Gasteiger partial charge in [-0.3, -0.25) is 14.9 Å². The predicted molar refractivity (Wildman–Crippen MR) is 99.9 cm³/mol. The van der Waals surface area contributed by atoms with Crippen molar-refractivity contribution in [2.45, 2.75) is 58.3 Å². The van der Waals surface area contributed by atoms with Gasteiger partial charge in [-0.2, -0.15) is 0 Å². The molecule has 1 radical (unpaired) electrons. The van der Waals surface area contributed by atoms with Crippen molar-refractivity contribution in [3.63, 3.8) is 0 Å². The molecule has 0 rings (SSSR count). The number of hydrogen-bond donors (Lipinski definition) is 0. The lowest BCUT2D eigenvalue weighted by Crippen LogP contribution is -1.97. The van der Waals surface area contributed by atoms with Crippen LogP contribution in [0.4, 0.5) is 0 Å². The predicted octanol–water partition coefficient (Wildman–Crippen LogP) is 5.62. The van der Waals surface area contributed by atoms with Gasteiger partial charge in [0.05, 0.1) is 11.3 Å². The topological polar surface area (TPSA) is 60.2 Å². The van der Waals surface area contributed by atoms with Gasteiger partial charge in [0.25, 0.3) is 0 Å². The van der Waals surface area contributed by atoms with Gasteiger partial charge in [0, 0.05) is 6.42 Å². The summed E-state index contributed by atoms with van der Waals surface area (Å²) < 4.78 is 0. The minimum Gasteiger partial charge on any atom is -0.291 e. The lowest BCUT2D eigenvalue weighted by Gasteiger charge is -1.93. The molecule has 131 valence electrons. The van der Waals surface area contributed by atoms with Gasteiger partial charge in [-0.05, 0) is 44.6 Å². The second kappa shape index (κ2) is 17.1. The Kier molecular flexibility index (Phi) is 15.5. The summed E-state index contributed by atoms with van der Waals surface area (Å²) in [5, 5.41) is 11.0. The minimum absolute atomic E-state index is 0.215. The summed E-state index contributed by atoms with van der Waals surface area (Å²) in [5.74, 6) is 0. The molecule has 0 aromatic heterocycles. The highest BCUT2D eigenvalue weighted by molar-refractivity contribution is 5.50. The summed E-state index contributed by atoms with van der Waals surface area (Å²) in [7, 11) is 0. The largest absolute Gasteiger partial charge is 0.291 e. The zero-order valence-corrected chi connectivity index (χ0v) is 14.5. The van der Waals surface area contributed by atoms with Gasteiger partial charge in [0.1, 0.15) is 0 Å². The number of hydrogen-bond acceptors (Lipinski definition) is 3. The summed E-state index contributed by atoms with van der Waals surface area (Å²) in [4.78, 5) is 20.7. The van der Waals surface area contributed by atoms with E-state index in [-0.39, 0.29) is 10.6 Å². The van der Waals surface area contributed by atoms with Crippen LogP contribution < -0.4 is 0 Å². The van der Waals surface area contributed by atoms with E-state index in [2.05, 4.69) is 31.2 Å². The van der Waals surface area contributed by atoms with Gasteiger partial charge in [-0.15, -0.1) is 0 Å². The molecule has 0 saturated heterocycles. The number of rotatable bonds is 14. The third-order valence-corrected chi connectivity index (χ3v) is 3.15. The SMILES string of the molecule is CC/C=C\C/C=C\C/C=C\C/C(=C\C/C=C\CCC[C]=O)[N+](=O)[O-]. The third kappa shape index (κ3) is 14.7. The molecule has 0 saturated carbocycles. The molecule has 0 amide bonds. The molecule has 0 aliphatic carbocycles. The average molecular weight is 330 g/mol. The first-order valence-electron chi connectivity index (χ1n) is 8.50. The van der Waals surface area contributed by atoms with E-state index in [0.717, 1.165) is 32.1 Å². The van der Waals surface area contributed by atoms with Crippen molar-refractivity contribution in [3.8, 4) is 0 Å². The van der Waals surface area contributed by atoms with Crippen LogP contribution in [0.2, 0.25) is 0 Å². The van der Waals surface area contributed by atoms with Gasteiger partial charge < -0.3 is 0 Å². The fourth-order valence-electron chi connectivity index (χ4n) is 1.86. The average Bonchev–Trinajstić information content (AvgIpc) is 2.57. The van der Waals surface area contributed by atoms with Crippen molar-refractivity contribution < 1.29 is 9.72 Å². The summed E-state index contributed by atoms with van der Waals surface area (Å²) in [5.41, 5.74) is 0.215. The van der Waals surface area contributed by atoms with Gasteiger partial charge >= 0.3 is 0 Å². The van der Waals surface area contributed by atoms with Crippen LogP contribution in [0.15, 0.2) is 60.4 Å². The Morgan fingerprint density at radius 3 is 2.21 bits per heavy atom. The highest BCUT2D eigenvalue weighted by Crippen LogP contribution is 2.07. The van der Waals surface area contributed by atoms with Crippen LogP contribution in [0.1, 0.15) is 58.3 Å². The molecule has 0 aliphatic heterocycles. The van der Waals surface area contributed by atoms with Crippen LogP contribution in [-0.2, 0) is 4.79 Å². The van der Waals surface area contributed by atoms with E-state index < -0.39 is 0 Å². The van der Waals surface area contributed by atoms with E-state index in [0.29, 0.717) is 19.3 Å². The van der Waals surface area contributed by atoms with Gasteiger partial charge in [-0.25, -0.2) is 0 Å². The lowest BCUT2D eigenvalue weighted by atomic mass is 10.2. The van der Waals surface area contributed by atoms with E-state index in [1.54, 1.807) is 6.08 Å². The molecule has 24 heavy (non-hydrogen) atoms. The number of allylic oxidation sites excluding steroid dienone is 9. The Bertz CT molecular complexity index is 485. The van der Waals surface area contributed by atoms with Crippen molar-refractivity contribution in [3.05, 3.63) is 70.5 Å². The number of nitro groups is 1. The molecule has 0 spiro atoms. The highest BCUT2D eigenvalue weighted by atomic mass is 16.6. The smallest absolute Gasteiger partial charge is 0.246 e. The molecule has 0 bridgehead atoms. The zero-order valence-electron chi connectivity index (χ0n) is 14.5. The van der Waals surface area contributed by atoms with Gasteiger partial charge in [-0.1, -0.05) is 55.5 Å². The monoisotopic (exact) mass is 330 g/mol. The molecular formula is C20H28NO3. The van der Waals surface area contributed by atoms with Crippen LogP contribution >= 0.6 is 0 Å². The molecule has 0 heterocycles. The summed E-state index contributed by atoms with van der Waals surface area (Å²) >= 11 is 0. The molecule has 0 unspecified atom stereocenters. The zero-order chi connectivity index (χ0) is 17.9. The third-order valence-electron chi connectivity index (χ3n) is 3.15. The Hall–Kier alpha value is -2.23. The van der Waals surface area contributed by atoms with Crippen LogP contribution in [0.25, 0.3) is 0 Å². The molecule has 0 N–H and O–H groups in total. The van der Waals surface area contributed by atoms with Crippen molar-refractivity contribution in [1.82, 2.24) is 0 Å². The Morgan fingerprint density at radius 1 is 0.958 bits per heavy atom. The minimum atomic E-state index is -0.328. The Morgan fingerprint density at radius 2 is 1.58 bits per heavy atom. The summed E-state index contributed by atoms with van der Waals surface area (Å²) in [6.07, 6.45) is 25.2. The molecule has 0 aliphatic rings. The Balaban J connectivity index is 4.08. The first-order chi connectivity index (χ1) is 11.7. The van der Waals surface area contributed by atoms with E-state index >= 15 is 0 Å². The Labute approximate surface area is 145 Å². The van der Waals surface area contributed by atoms with E-state index in [9.17, 15) is 14.9 Å². The van der Waals surface area contributed by atoms with E-state index in [1.807, 2.05) is 30.6 Å². The van der Waals surface area contributed by atoms with E-state index in [4.69, 9.17) is 0 Å². The molecule has 0 fully saturated rings. The van der Waals surface area contributed by atoms with Crippen molar-refractivity contribution in [1.29, 1.82) is 0 Å². The quantitative estimate of drug-likeness (QED) is 0.180. The highest BCUT2D eigenvalue weighted by Gasteiger charge is 2.06. The maximum absolute atomic E-state index is 11.0. The lowest BCUT2D eigenvalue weighted by molar-refractivity contribution is -0.427. The molecule has 0 aromatic carbocycles. The number of nitrogens with zero attached hydrogens (tertiary/aromatic N) is 1. The molecule has 4 heteroatoms. The second-order valence-electron chi connectivity index (χ2n) is 5.19. The van der Waals surface area contributed by atoms with Crippen LogP contribution in [0.3, 0.4) is 0 Å². The molecule has 0 atom stereocenters. The van der Waals surface area contributed by atoms with Crippen LogP contribution in [0, 0.1) is 10.1 Å². The van der Waals surface area contributed by atoms with Crippen molar-refractivity contribution in [2.24, 2.45) is 0 Å². The maximum Gasteiger partial charge on any atom is 0.246 e. The van der Waals surface area contributed by atoms with E-state index in [1.165, 1.54) is 0 Å². The fraction of sp³-hybridized carbons (Fsp3) is 0.450. The van der Waals surface area contributed by atoms with Gasteiger partial charge in [0.15, 0.2) is 6.29 Å². The first kappa shape index (κ1) is 21.8. The number of unbranched alkanes of at least 4 members (excludes halogenated alkanes) is 2. The molecular weight excluding hydrogens is 302 g/mol. The maximum atomic E-state index is 11.0. The normalized spacial score (nSPS) is 13.0. The summed E-state index contributed by atoms with van der Waals surface area (Å²) in [6, 6.07) is 0. The fourth-order valence-corrected chi connectivity index (χ4v) is 1.86. The molecule has 0 aromatic rings. The van der Waals surface area contributed by atoms with Gasteiger partial charge in [0.2, 0.25) is 5.70 Å². The van der Waals surface area contributed by atoms with Crippen molar-refractivity contribution in [2.75, 3.05) is 0 Å². The molecule has 4 nitrogen and oxygen atoms in total. The first-order valence-corrected chi connectivity index (χ1v) is 8.50. The van der Waals surface area contributed by atoms with Crippen LogP contribution in [0.5, 0.6) is 0 Å². The van der Waals surface area contributed by atoms with Crippen molar-refractivity contribution >= 4 is 6.29 Å². The standard InChI is InChI=1S/C20H28NO3/c1-2-3-4-5-6-7-8-11-14-17-20(21(23)24)18-15-12-9-10-13-16-19-22/h3-4,6-7,9,11-12,14,18H,2,5,8,10,13,15-17H2,1H3/b4-3-,7-6-,12-9-,14-11-,20-18+. The second-order valence-corrected chi connectivity index (χ2v) is 5.19. The van der Waals surface area contributed by atoms with Crippen LogP contribution in [-0.4, -0.2) is 11.2 Å². The summed E-state index contributed by atoms with van der Waals surface area (Å²) in [6.45, 7) is 2.10.